The summed E-state index contributed by atoms with van der Waals surface area (Å²) in [7, 11) is 0. The molecule has 146 valence electrons. The Labute approximate surface area is 173 Å². The lowest BCUT2D eigenvalue weighted by Gasteiger charge is -2.14. The van der Waals surface area contributed by atoms with Crippen LogP contribution in [-0.4, -0.2) is 31.3 Å². The number of nitro benzene ring substituents is 2. The van der Waals surface area contributed by atoms with E-state index in [9.17, 15) is 29.8 Å². The van der Waals surface area contributed by atoms with Crippen LogP contribution in [0.25, 0.3) is 6.08 Å². The van der Waals surface area contributed by atoms with Crippen LogP contribution in [0, 0.1) is 20.2 Å². The molecule has 1 aliphatic heterocycles. The van der Waals surface area contributed by atoms with Crippen LogP contribution in [0.5, 0.6) is 0 Å². The van der Waals surface area contributed by atoms with Gasteiger partial charge in [-0.05, 0) is 17.7 Å². The fourth-order valence-electron chi connectivity index (χ4n) is 2.60. The highest BCUT2D eigenvalue weighted by molar-refractivity contribution is 8.26. The van der Waals surface area contributed by atoms with Gasteiger partial charge in [0.2, 0.25) is 0 Å². The second-order valence-electron chi connectivity index (χ2n) is 5.88. The first kappa shape index (κ1) is 20.3. The standard InChI is InChI=1S/C18H11N3O6S2/c22-10-12-3-1-11(2-4-12)7-16-17(23)19(18(28)29-16)9-13-5-6-14(20(24)25)8-15(13)21(26)27/h1-8,10H,9H2/b16-7-. The fraction of sp³-hybridized carbons (Fsp3) is 0.0556. The molecule has 0 spiro atoms. The average Bonchev–Trinajstić information content (AvgIpc) is 2.96. The van der Waals surface area contributed by atoms with E-state index in [1.807, 2.05) is 0 Å². The van der Waals surface area contributed by atoms with Crippen molar-refractivity contribution in [2.75, 3.05) is 0 Å². The Kier molecular flexibility index (Phi) is 5.80. The lowest BCUT2D eigenvalue weighted by molar-refractivity contribution is -0.394. The van der Waals surface area contributed by atoms with E-state index in [0.717, 1.165) is 23.9 Å². The second kappa shape index (κ2) is 8.29. The van der Waals surface area contributed by atoms with Crippen LogP contribution < -0.4 is 0 Å². The van der Waals surface area contributed by atoms with E-state index in [1.54, 1.807) is 30.3 Å². The van der Waals surface area contributed by atoms with Gasteiger partial charge in [0.05, 0.1) is 32.9 Å². The van der Waals surface area contributed by atoms with E-state index in [0.29, 0.717) is 22.3 Å². The van der Waals surface area contributed by atoms with Crippen molar-refractivity contribution in [1.82, 2.24) is 4.90 Å². The Hall–Kier alpha value is -3.44. The summed E-state index contributed by atoms with van der Waals surface area (Å²) < 4.78 is 0.221. The molecular formula is C18H11N3O6S2. The first-order chi connectivity index (χ1) is 13.8. The third-order valence-corrected chi connectivity index (χ3v) is 5.43. The van der Waals surface area contributed by atoms with E-state index in [4.69, 9.17) is 12.2 Å². The zero-order valence-corrected chi connectivity index (χ0v) is 16.1. The third-order valence-electron chi connectivity index (χ3n) is 4.05. The van der Waals surface area contributed by atoms with Crippen molar-refractivity contribution in [2.24, 2.45) is 0 Å². The molecule has 2 aromatic rings. The molecule has 0 atom stereocenters. The van der Waals surface area contributed by atoms with Gasteiger partial charge >= 0.3 is 0 Å². The summed E-state index contributed by atoms with van der Waals surface area (Å²) in [5, 5.41) is 22.2. The van der Waals surface area contributed by atoms with E-state index in [1.165, 1.54) is 11.0 Å². The summed E-state index contributed by atoms with van der Waals surface area (Å²) in [5.74, 6) is -0.424. The van der Waals surface area contributed by atoms with E-state index < -0.39 is 27.1 Å². The molecule has 0 aliphatic carbocycles. The third kappa shape index (κ3) is 4.36. The maximum atomic E-state index is 12.7. The molecule has 0 radical (unpaired) electrons. The monoisotopic (exact) mass is 429 g/mol. The first-order valence-electron chi connectivity index (χ1n) is 8.02. The minimum atomic E-state index is -0.732. The summed E-state index contributed by atoms with van der Waals surface area (Å²) in [6.45, 7) is -0.180. The van der Waals surface area contributed by atoms with Crippen LogP contribution in [0.2, 0.25) is 0 Å². The Morgan fingerprint density at radius 2 is 1.69 bits per heavy atom. The summed E-state index contributed by atoms with van der Waals surface area (Å²) in [5.41, 5.74) is 0.456. The lowest BCUT2D eigenvalue weighted by atomic mass is 10.1. The maximum absolute atomic E-state index is 12.7. The van der Waals surface area contributed by atoms with E-state index in [-0.39, 0.29) is 16.4 Å². The van der Waals surface area contributed by atoms with Crippen LogP contribution in [0.4, 0.5) is 11.4 Å². The Bertz CT molecular complexity index is 1080. The predicted molar refractivity (Wildman–Crippen MR) is 110 cm³/mol. The molecule has 29 heavy (non-hydrogen) atoms. The number of nitrogens with zero attached hydrogens (tertiary/aromatic N) is 3. The highest BCUT2D eigenvalue weighted by Gasteiger charge is 2.34. The molecule has 1 aliphatic rings. The van der Waals surface area contributed by atoms with Gasteiger partial charge < -0.3 is 0 Å². The Morgan fingerprint density at radius 3 is 2.28 bits per heavy atom. The SMILES string of the molecule is O=Cc1ccc(/C=C2\SC(=S)N(Cc3ccc([N+](=O)[O-])cc3[N+](=O)[O-])C2=O)cc1. The van der Waals surface area contributed by atoms with Crippen LogP contribution in [-0.2, 0) is 11.3 Å². The number of hydrogen-bond donors (Lipinski definition) is 0. The van der Waals surface area contributed by atoms with Gasteiger partial charge in [0.1, 0.15) is 10.6 Å². The van der Waals surface area contributed by atoms with Crippen molar-refractivity contribution in [1.29, 1.82) is 0 Å². The van der Waals surface area contributed by atoms with Crippen LogP contribution >= 0.6 is 24.0 Å². The van der Waals surface area contributed by atoms with Crippen molar-refractivity contribution in [2.45, 2.75) is 6.54 Å². The minimum absolute atomic E-state index is 0.133. The van der Waals surface area contributed by atoms with Crippen molar-refractivity contribution >= 4 is 57.9 Å². The lowest BCUT2D eigenvalue weighted by Crippen LogP contribution is -2.27. The normalized spacial score (nSPS) is 15.0. The average molecular weight is 429 g/mol. The van der Waals surface area contributed by atoms with Gasteiger partial charge in [-0.3, -0.25) is 34.7 Å². The summed E-state index contributed by atoms with van der Waals surface area (Å²) >= 11 is 6.28. The molecule has 11 heteroatoms. The first-order valence-corrected chi connectivity index (χ1v) is 9.25. The van der Waals surface area contributed by atoms with Gasteiger partial charge in [-0.15, -0.1) is 0 Å². The number of hydrogen-bond acceptors (Lipinski definition) is 8. The molecule has 0 saturated carbocycles. The smallest absolute Gasteiger partial charge is 0.281 e. The number of aldehydes is 1. The van der Waals surface area contributed by atoms with Gasteiger partial charge in [0, 0.05) is 11.6 Å². The Balaban J connectivity index is 1.87. The molecular weight excluding hydrogens is 418 g/mol. The number of benzene rings is 2. The van der Waals surface area contributed by atoms with Gasteiger partial charge in [0.25, 0.3) is 17.3 Å². The molecule has 0 unspecified atom stereocenters. The number of thiocarbonyl (C=S) groups is 1. The van der Waals surface area contributed by atoms with E-state index >= 15 is 0 Å². The number of amides is 1. The number of thioether (sulfide) groups is 1. The summed E-state index contributed by atoms with van der Waals surface area (Å²) in [6, 6.07) is 9.83. The van der Waals surface area contributed by atoms with Gasteiger partial charge in [-0.25, -0.2) is 0 Å². The van der Waals surface area contributed by atoms with Gasteiger partial charge in [-0.2, -0.15) is 0 Å². The molecule has 9 nitrogen and oxygen atoms in total. The number of rotatable bonds is 6. The van der Waals surface area contributed by atoms with E-state index in [2.05, 4.69) is 0 Å². The quantitative estimate of drug-likeness (QED) is 0.224. The molecule has 1 saturated heterocycles. The molecule has 3 rings (SSSR count). The summed E-state index contributed by atoms with van der Waals surface area (Å²) in [4.78, 5) is 45.7. The maximum Gasteiger partial charge on any atom is 0.281 e. The molecule has 2 aromatic carbocycles. The van der Waals surface area contributed by atoms with Crippen LogP contribution in [0.1, 0.15) is 21.5 Å². The molecule has 1 heterocycles. The van der Waals surface area contributed by atoms with Crippen molar-refractivity contribution in [3.05, 3.63) is 84.3 Å². The zero-order chi connectivity index (χ0) is 21.1. The zero-order valence-electron chi connectivity index (χ0n) is 14.5. The second-order valence-corrected chi connectivity index (χ2v) is 7.56. The molecule has 1 fully saturated rings. The molecule has 1 amide bonds. The number of nitro groups is 2. The predicted octanol–water partition coefficient (Wildman–Crippen LogP) is 3.72. The van der Waals surface area contributed by atoms with Crippen molar-refractivity contribution in [3.63, 3.8) is 0 Å². The molecule has 0 aromatic heterocycles. The minimum Gasteiger partial charge on any atom is -0.298 e. The molecule has 0 bridgehead atoms. The fourth-order valence-corrected chi connectivity index (χ4v) is 3.85. The largest absolute Gasteiger partial charge is 0.298 e. The number of non-ortho nitro benzene ring substituents is 1. The van der Waals surface area contributed by atoms with Crippen LogP contribution in [0.15, 0.2) is 47.4 Å². The number of carbonyl (C=O) groups excluding carboxylic acids is 2. The molecule has 0 N–H and O–H groups in total. The van der Waals surface area contributed by atoms with Crippen molar-refractivity contribution in [3.8, 4) is 0 Å². The topological polar surface area (TPSA) is 124 Å². The van der Waals surface area contributed by atoms with Gasteiger partial charge in [0.15, 0.2) is 0 Å². The van der Waals surface area contributed by atoms with Crippen LogP contribution in [0.3, 0.4) is 0 Å². The highest BCUT2D eigenvalue weighted by Crippen LogP contribution is 2.35. The Morgan fingerprint density at radius 1 is 1.03 bits per heavy atom. The van der Waals surface area contributed by atoms with Gasteiger partial charge in [-0.1, -0.05) is 48.2 Å². The number of carbonyl (C=O) groups is 2. The summed E-state index contributed by atoms with van der Waals surface area (Å²) in [6.07, 6.45) is 2.32. The van der Waals surface area contributed by atoms with Crippen molar-refractivity contribution < 1.29 is 19.4 Å². The highest BCUT2D eigenvalue weighted by atomic mass is 32.2.